The Morgan fingerprint density at radius 1 is 1.38 bits per heavy atom. The van der Waals surface area contributed by atoms with E-state index in [2.05, 4.69) is 9.97 Å². The number of esters is 1. The number of sulfone groups is 1. The van der Waals surface area contributed by atoms with Gasteiger partial charge < -0.3 is 15.5 Å². The number of H-pyrrole nitrogens is 1. The Balaban J connectivity index is 2.40. The third kappa shape index (κ3) is 3.38. The normalized spacial score (nSPS) is 11.0. The highest BCUT2D eigenvalue weighted by Gasteiger charge is 2.25. The molecule has 0 unspecified atom stereocenters. The Hall–Kier alpha value is -3.28. The number of carbonyl (C=O) groups is 2. The molecular weight excluding hydrogens is 344 g/mol. The molecule has 0 bridgehead atoms. The van der Waals surface area contributed by atoms with Crippen molar-refractivity contribution in [3.63, 3.8) is 0 Å². The zero-order valence-corrected chi connectivity index (χ0v) is 12.9. The third-order valence-corrected chi connectivity index (χ3v) is 3.98. The van der Waals surface area contributed by atoms with Crippen molar-refractivity contribution >= 4 is 27.4 Å². The Bertz CT molecular complexity index is 948. The van der Waals surface area contributed by atoms with Gasteiger partial charge in [-0.25, -0.2) is 18.2 Å². The number of carbonyl (C=O) groups excluding carboxylic acids is 2. The minimum atomic E-state index is -3.86. The molecule has 126 valence electrons. The van der Waals surface area contributed by atoms with Crippen molar-refractivity contribution in [2.75, 3.05) is 6.26 Å². The zero-order chi connectivity index (χ0) is 18.1. The molecule has 0 aliphatic rings. The maximum Gasteiger partial charge on any atom is 0.345 e. The van der Waals surface area contributed by atoms with Gasteiger partial charge in [0.25, 0.3) is 17.5 Å². The maximum absolute atomic E-state index is 12.0. The largest absolute Gasteiger partial charge is 0.401 e. The molecule has 2 rings (SSSR count). The van der Waals surface area contributed by atoms with Crippen LogP contribution in [-0.4, -0.2) is 41.4 Å². The summed E-state index contributed by atoms with van der Waals surface area (Å²) >= 11 is 0. The first kappa shape index (κ1) is 17.1. The van der Waals surface area contributed by atoms with Crippen LogP contribution in [0.5, 0.6) is 5.88 Å². The molecule has 12 heteroatoms. The van der Waals surface area contributed by atoms with Gasteiger partial charge in [-0.05, 0) is 12.1 Å². The quantitative estimate of drug-likeness (QED) is 0.429. The molecule has 3 N–H and O–H groups in total. The molecule has 2 aromatic rings. The van der Waals surface area contributed by atoms with Crippen molar-refractivity contribution < 1.29 is 27.7 Å². The summed E-state index contributed by atoms with van der Waals surface area (Å²) in [6.45, 7) is 0. The Morgan fingerprint density at radius 2 is 2.04 bits per heavy atom. The lowest BCUT2D eigenvalue weighted by Gasteiger charge is -2.05. The van der Waals surface area contributed by atoms with Crippen LogP contribution in [0.3, 0.4) is 0 Å². The van der Waals surface area contributed by atoms with Gasteiger partial charge in [-0.15, -0.1) is 0 Å². The molecule has 1 amide bonds. The summed E-state index contributed by atoms with van der Waals surface area (Å²) in [6.07, 6.45) is 1.87. The van der Waals surface area contributed by atoms with Gasteiger partial charge in [-0.2, -0.15) is 0 Å². The van der Waals surface area contributed by atoms with Crippen molar-refractivity contribution in [3.05, 3.63) is 45.9 Å². The van der Waals surface area contributed by atoms with E-state index in [1.165, 1.54) is 0 Å². The minimum Gasteiger partial charge on any atom is -0.401 e. The Labute approximate surface area is 134 Å². The maximum atomic E-state index is 12.0. The molecule has 1 aromatic carbocycles. The number of nitrogens with one attached hydrogen (secondary N) is 1. The average molecular weight is 354 g/mol. The van der Waals surface area contributed by atoms with E-state index in [-0.39, 0.29) is 11.3 Å². The van der Waals surface area contributed by atoms with Gasteiger partial charge in [0.05, 0.1) is 16.8 Å². The number of imidazole rings is 1. The van der Waals surface area contributed by atoms with Gasteiger partial charge in [0, 0.05) is 12.3 Å². The first-order valence-electron chi connectivity index (χ1n) is 6.15. The second kappa shape index (κ2) is 6.08. The van der Waals surface area contributed by atoms with Crippen molar-refractivity contribution in [3.8, 4) is 5.88 Å². The molecule has 1 heterocycles. The summed E-state index contributed by atoms with van der Waals surface area (Å²) in [5, 5.41) is 11.0. The van der Waals surface area contributed by atoms with Crippen LogP contribution in [0.25, 0.3) is 0 Å². The molecule has 0 spiro atoms. The topological polar surface area (TPSA) is 175 Å². The van der Waals surface area contributed by atoms with Crippen molar-refractivity contribution in [1.82, 2.24) is 9.97 Å². The fourth-order valence-corrected chi connectivity index (χ4v) is 2.61. The predicted octanol–water partition coefficient (Wildman–Crippen LogP) is 0.0395. The van der Waals surface area contributed by atoms with E-state index in [9.17, 15) is 28.1 Å². The van der Waals surface area contributed by atoms with E-state index in [0.717, 1.165) is 30.8 Å². The van der Waals surface area contributed by atoms with Crippen molar-refractivity contribution in [1.29, 1.82) is 0 Å². The third-order valence-electron chi connectivity index (χ3n) is 2.83. The van der Waals surface area contributed by atoms with Crippen LogP contribution in [-0.2, 0) is 9.84 Å². The highest BCUT2D eigenvalue weighted by Crippen LogP contribution is 2.25. The van der Waals surface area contributed by atoms with Crippen molar-refractivity contribution in [2.45, 2.75) is 4.90 Å². The van der Waals surface area contributed by atoms with Gasteiger partial charge in [0.1, 0.15) is 4.90 Å². The number of nitrogens with zero attached hydrogens (tertiary/aromatic N) is 2. The molecule has 0 aliphatic carbocycles. The smallest absolute Gasteiger partial charge is 0.345 e. The minimum absolute atomic E-state index is 0.259. The summed E-state index contributed by atoms with van der Waals surface area (Å²) in [7, 11) is -3.86. The lowest BCUT2D eigenvalue weighted by molar-refractivity contribution is -0.387. The van der Waals surface area contributed by atoms with Crippen LogP contribution in [0.4, 0.5) is 5.69 Å². The molecule has 0 aliphatic heterocycles. The number of ether oxygens (including phenoxy) is 1. The number of nitro benzene ring substituents is 1. The predicted molar refractivity (Wildman–Crippen MR) is 78.3 cm³/mol. The van der Waals surface area contributed by atoms with Crippen LogP contribution >= 0.6 is 0 Å². The van der Waals surface area contributed by atoms with E-state index in [4.69, 9.17) is 10.5 Å². The summed E-state index contributed by atoms with van der Waals surface area (Å²) in [5.74, 6) is -2.40. The van der Waals surface area contributed by atoms with Gasteiger partial charge in [0.2, 0.25) is 0 Å². The highest BCUT2D eigenvalue weighted by atomic mass is 32.2. The number of hydrogen-bond acceptors (Lipinski definition) is 8. The molecule has 0 saturated carbocycles. The number of aromatic nitrogens is 2. The fraction of sp³-hybridized carbons (Fsp3) is 0.0833. The molecule has 0 fully saturated rings. The first-order chi connectivity index (χ1) is 11.1. The van der Waals surface area contributed by atoms with E-state index >= 15 is 0 Å². The fourth-order valence-electron chi connectivity index (χ4n) is 1.78. The molecule has 1 aromatic heterocycles. The van der Waals surface area contributed by atoms with Gasteiger partial charge in [-0.3, -0.25) is 14.9 Å². The van der Waals surface area contributed by atoms with Gasteiger partial charge >= 0.3 is 5.97 Å². The summed E-state index contributed by atoms with van der Waals surface area (Å²) in [6, 6.07) is 2.72. The Kier molecular flexibility index (Phi) is 4.33. The van der Waals surface area contributed by atoms with E-state index in [1.807, 2.05) is 0 Å². The first-order valence-corrected chi connectivity index (χ1v) is 8.04. The van der Waals surface area contributed by atoms with Crippen LogP contribution < -0.4 is 10.5 Å². The molecule has 0 saturated heterocycles. The molecule has 0 radical (unpaired) electrons. The second-order valence-electron chi connectivity index (χ2n) is 4.55. The van der Waals surface area contributed by atoms with Crippen LogP contribution in [0, 0.1) is 10.1 Å². The van der Waals surface area contributed by atoms with Crippen LogP contribution in [0.1, 0.15) is 20.8 Å². The standard InChI is InChI=1S/C12H10N4O7S/c1-24(21,22)8-3-2-6(4-7(8)16(19)20)12(18)23-11-9(10(13)17)14-5-15-11/h2-5H,1H3,(H2,13,17)(H,14,15). The number of nitrogens with two attached hydrogens (primary N) is 1. The lowest BCUT2D eigenvalue weighted by Crippen LogP contribution is -2.16. The number of benzene rings is 1. The SMILES string of the molecule is CS(=O)(=O)c1ccc(C(=O)Oc2nc[nH]c2C(N)=O)cc1[N+](=O)[O-]. The summed E-state index contributed by atoms with van der Waals surface area (Å²) in [5.41, 5.74) is 3.72. The monoisotopic (exact) mass is 354 g/mol. The van der Waals surface area contributed by atoms with Crippen molar-refractivity contribution in [2.24, 2.45) is 5.73 Å². The zero-order valence-electron chi connectivity index (χ0n) is 12.0. The number of rotatable bonds is 5. The van der Waals surface area contributed by atoms with E-state index < -0.39 is 43.1 Å². The summed E-state index contributed by atoms with van der Waals surface area (Å²) in [4.78, 5) is 38.6. The highest BCUT2D eigenvalue weighted by molar-refractivity contribution is 7.90. The number of hydrogen-bond donors (Lipinski definition) is 2. The average Bonchev–Trinajstić information content (AvgIpc) is 2.93. The molecule has 11 nitrogen and oxygen atoms in total. The van der Waals surface area contributed by atoms with Gasteiger partial charge in [0.15, 0.2) is 15.5 Å². The second-order valence-corrected chi connectivity index (χ2v) is 6.53. The molecule has 24 heavy (non-hydrogen) atoms. The molecular formula is C12H10N4O7S. The Morgan fingerprint density at radius 3 is 2.58 bits per heavy atom. The molecule has 0 atom stereocenters. The number of primary amides is 1. The van der Waals surface area contributed by atoms with Crippen LogP contribution in [0.15, 0.2) is 29.4 Å². The van der Waals surface area contributed by atoms with E-state index in [1.54, 1.807) is 0 Å². The number of aromatic amines is 1. The van der Waals surface area contributed by atoms with Crippen LogP contribution in [0.2, 0.25) is 0 Å². The van der Waals surface area contributed by atoms with E-state index in [0.29, 0.717) is 0 Å². The summed E-state index contributed by atoms with van der Waals surface area (Å²) < 4.78 is 27.9. The lowest BCUT2D eigenvalue weighted by atomic mass is 10.2. The number of amides is 1. The van der Waals surface area contributed by atoms with Gasteiger partial charge in [-0.1, -0.05) is 0 Å². The number of nitro groups is 1.